The summed E-state index contributed by atoms with van der Waals surface area (Å²) in [6.07, 6.45) is 4.39. The first-order valence-corrected chi connectivity index (χ1v) is 5.54. The van der Waals surface area contributed by atoms with Crippen molar-refractivity contribution in [2.45, 2.75) is 0 Å². The van der Waals surface area contributed by atoms with Crippen LogP contribution in [0.1, 0.15) is 10.5 Å². The molecule has 0 spiro atoms. The van der Waals surface area contributed by atoms with Crippen LogP contribution in [0.4, 0.5) is 11.5 Å². The fourth-order valence-corrected chi connectivity index (χ4v) is 1.34. The number of hydrogen-bond acceptors (Lipinski definition) is 6. The third-order valence-electron chi connectivity index (χ3n) is 2.34. The van der Waals surface area contributed by atoms with Crippen LogP contribution in [0.2, 0.25) is 0 Å². The Hall–Kier alpha value is -2.70. The second-order valence-corrected chi connectivity index (χ2v) is 3.58. The van der Waals surface area contributed by atoms with Crippen LogP contribution in [0.3, 0.4) is 0 Å². The van der Waals surface area contributed by atoms with Gasteiger partial charge in [-0.15, -0.1) is 0 Å². The molecule has 2 rings (SSSR count). The topological polar surface area (TPSA) is 89.0 Å². The molecule has 2 N–H and O–H groups in total. The van der Waals surface area contributed by atoms with E-state index in [0.717, 1.165) is 0 Å². The fraction of sp³-hybridized carbons (Fsp3) is 0.167. The van der Waals surface area contributed by atoms with Crippen molar-refractivity contribution in [3.05, 3.63) is 36.4 Å². The molecule has 0 aliphatic heterocycles. The van der Waals surface area contributed by atoms with Crippen molar-refractivity contribution in [3.8, 4) is 5.88 Å². The lowest BCUT2D eigenvalue weighted by Gasteiger charge is -2.05. The summed E-state index contributed by atoms with van der Waals surface area (Å²) in [7, 11) is 3.26. The minimum Gasteiger partial charge on any atom is -0.481 e. The monoisotopic (exact) mass is 259 g/mol. The maximum Gasteiger partial charge on any atom is 0.275 e. The normalized spacial score (nSPS) is 9.79. The van der Waals surface area contributed by atoms with Crippen molar-refractivity contribution >= 4 is 17.4 Å². The van der Waals surface area contributed by atoms with Crippen LogP contribution in [-0.2, 0) is 0 Å². The molecule has 0 atom stereocenters. The number of carbonyl (C=O) groups is 1. The Morgan fingerprint density at radius 3 is 2.53 bits per heavy atom. The standard InChI is InChI=1S/C12H13N5O2/c1-13-10-7-14-9(6-15-10)12(18)17-8-3-4-11(19-2)16-5-8/h3-7H,1-2H3,(H,13,15)(H,17,18). The lowest BCUT2D eigenvalue weighted by molar-refractivity contribution is 0.102. The van der Waals surface area contributed by atoms with Gasteiger partial charge in [0.15, 0.2) is 0 Å². The van der Waals surface area contributed by atoms with Crippen molar-refractivity contribution in [1.82, 2.24) is 15.0 Å². The van der Waals surface area contributed by atoms with E-state index in [-0.39, 0.29) is 11.6 Å². The first-order chi connectivity index (χ1) is 9.22. The summed E-state index contributed by atoms with van der Waals surface area (Å²) in [6.45, 7) is 0. The number of nitrogens with one attached hydrogen (secondary N) is 2. The molecule has 0 radical (unpaired) electrons. The highest BCUT2D eigenvalue weighted by Crippen LogP contribution is 2.11. The number of hydrogen-bond donors (Lipinski definition) is 2. The summed E-state index contributed by atoms with van der Waals surface area (Å²) < 4.78 is 4.93. The van der Waals surface area contributed by atoms with Crippen molar-refractivity contribution < 1.29 is 9.53 Å². The van der Waals surface area contributed by atoms with E-state index in [9.17, 15) is 4.79 Å². The van der Waals surface area contributed by atoms with E-state index in [4.69, 9.17) is 4.74 Å². The first-order valence-electron chi connectivity index (χ1n) is 5.54. The lowest BCUT2D eigenvalue weighted by Crippen LogP contribution is -2.14. The second kappa shape index (κ2) is 5.76. The number of rotatable bonds is 4. The number of methoxy groups -OCH3 is 1. The molecule has 7 nitrogen and oxygen atoms in total. The molecule has 19 heavy (non-hydrogen) atoms. The van der Waals surface area contributed by atoms with Gasteiger partial charge in [-0.2, -0.15) is 0 Å². The van der Waals surface area contributed by atoms with E-state index in [1.165, 1.54) is 25.7 Å². The van der Waals surface area contributed by atoms with Crippen LogP contribution in [0.5, 0.6) is 5.88 Å². The number of pyridine rings is 1. The second-order valence-electron chi connectivity index (χ2n) is 3.58. The van der Waals surface area contributed by atoms with Crippen LogP contribution < -0.4 is 15.4 Å². The Labute approximate surface area is 110 Å². The molecule has 2 aromatic heterocycles. The van der Waals surface area contributed by atoms with Gasteiger partial charge < -0.3 is 15.4 Å². The molecule has 7 heteroatoms. The summed E-state index contributed by atoms with van der Waals surface area (Å²) in [6, 6.07) is 3.35. The molecule has 0 aliphatic rings. The quantitative estimate of drug-likeness (QED) is 0.856. The zero-order chi connectivity index (χ0) is 13.7. The number of carbonyl (C=O) groups excluding carboxylic acids is 1. The number of nitrogens with zero attached hydrogens (tertiary/aromatic N) is 3. The molecular weight excluding hydrogens is 246 g/mol. The zero-order valence-electron chi connectivity index (χ0n) is 10.5. The largest absolute Gasteiger partial charge is 0.481 e. The van der Waals surface area contributed by atoms with Gasteiger partial charge in [0, 0.05) is 13.1 Å². The van der Waals surface area contributed by atoms with Gasteiger partial charge in [0.2, 0.25) is 5.88 Å². The Bertz CT molecular complexity index is 553. The Morgan fingerprint density at radius 1 is 1.16 bits per heavy atom. The minimum atomic E-state index is -0.345. The van der Waals surface area contributed by atoms with Gasteiger partial charge in [0.1, 0.15) is 11.5 Å². The highest BCUT2D eigenvalue weighted by Gasteiger charge is 2.08. The minimum absolute atomic E-state index is 0.231. The Kier molecular flexibility index (Phi) is 3.87. The molecule has 0 aromatic carbocycles. The van der Waals surface area contributed by atoms with Gasteiger partial charge in [0.25, 0.3) is 5.91 Å². The van der Waals surface area contributed by atoms with Crippen LogP contribution in [0.25, 0.3) is 0 Å². The maximum absolute atomic E-state index is 11.9. The van der Waals surface area contributed by atoms with Gasteiger partial charge in [-0.25, -0.2) is 15.0 Å². The van der Waals surface area contributed by atoms with Crippen molar-refractivity contribution in [2.75, 3.05) is 24.8 Å². The van der Waals surface area contributed by atoms with E-state index < -0.39 is 0 Å². The van der Waals surface area contributed by atoms with Crippen LogP contribution in [0, 0.1) is 0 Å². The summed E-state index contributed by atoms with van der Waals surface area (Å²) in [5.41, 5.74) is 0.792. The molecule has 2 heterocycles. The van der Waals surface area contributed by atoms with Gasteiger partial charge >= 0.3 is 0 Å². The average Bonchev–Trinajstić information content (AvgIpc) is 2.48. The highest BCUT2D eigenvalue weighted by molar-refractivity contribution is 6.02. The molecule has 0 aliphatic carbocycles. The van der Waals surface area contributed by atoms with E-state index in [1.807, 2.05) is 0 Å². The van der Waals surface area contributed by atoms with E-state index >= 15 is 0 Å². The maximum atomic E-state index is 11.9. The van der Waals surface area contributed by atoms with Gasteiger partial charge in [-0.05, 0) is 6.07 Å². The molecule has 0 unspecified atom stereocenters. The predicted octanol–water partition coefficient (Wildman–Crippen LogP) is 1.17. The number of ether oxygens (including phenoxy) is 1. The Balaban J connectivity index is 2.06. The van der Waals surface area contributed by atoms with Crippen molar-refractivity contribution in [3.63, 3.8) is 0 Å². The molecule has 0 saturated heterocycles. The molecule has 0 fully saturated rings. The molecule has 1 amide bonds. The summed E-state index contributed by atoms with van der Waals surface area (Å²) in [5.74, 6) is 0.737. The molecule has 2 aromatic rings. The van der Waals surface area contributed by atoms with Gasteiger partial charge in [-0.1, -0.05) is 0 Å². The lowest BCUT2D eigenvalue weighted by atomic mass is 10.3. The number of anilines is 2. The smallest absolute Gasteiger partial charge is 0.275 e. The third kappa shape index (κ3) is 3.15. The SMILES string of the molecule is CNc1cnc(C(=O)Nc2ccc(OC)nc2)cn1. The van der Waals surface area contributed by atoms with E-state index in [2.05, 4.69) is 25.6 Å². The average molecular weight is 259 g/mol. The van der Waals surface area contributed by atoms with Gasteiger partial charge in [0.05, 0.1) is 31.4 Å². The summed E-state index contributed by atoms with van der Waals surface area (Å²) >= 11 is 0. The molecule has 98 valence electrons. The van der Waals surface area contributed by atoms with Crippen molar-refractivity contribution in [1.29, 1.82) is 0 Å². The number of aromatic nitrogens is 3. The van der Waals surface area contributed by atoms with Crippen LogP contribution in [-0.4, -0.2) is 35.0 Å². The molecular formula is C12H13N5O2. The van der Waals surface area contributed by atoms with E-state index in [1.54, 1.807) is 19.2 Å². The third-order valence-corrected chi connectivity index (χ3v) is 2.34. The predicted molar refractivity (Wildman–Crippen MR) is 70.3 cm³/mol. The molecule has 0 saturated carbocycles. The zero-order valence-corrected chi connectivity index (χ0v) is 10.5. The molecule has 0 bridgehead atoms. The fourth-order valence-electron chi connectivity index (χ4n) is 1.34. The highest BCUT2D eigenvalue weighted by atomic mass is 16.5. The number of amides is 1. The van der Waals surface area contributed by atoms with Gasteiger partial charge in [-0.3, -0.25) is 4.79 Å². The summed E-state index contributed by atoms with van der Waals surface area (Å²) in [4.78, 5) is 23.9. The van der Waals surface area contributed by atoms with Crippen molar-refractivity contribution in [2.24, 2.45) is 0 Å². The van der Waals surface area contributed by atoms with Crippen LogP contribution >= 0.6 is 0 Å². The Morgan fingerprint density at radius 2 is 2.00 bits per heavy atom. The first kappa shape index (κ1) is 12.7. The van der Waals surface area contributed by atoms with E-state index in [0.29, 0.717) is 17.4 Å². The van der Waals surface area contributed by atoms with Crippen LogP contribution in [0.15, 0.2) is 30.7 Å². The summed E-state index contributed by atoms with van der Waals surface area (Å²) in [5, 5.41) is 5.49.